The summed E-state index contributed by atoms with van der Waals surface area (Å²) in [7, 11) is 0. The highest BCUT2D eigenvalue weighted by Crippen LogP contribution is 2.31. The SMILES string of the molecule is O=C(CCc1nnc(-c2cccc(C(F)(F)F)c2)o1)Nc1ccccc1O. The number of carbonyl (C=O) groups excluding carboxylic acids is 1. The molecule has 0 atom stereocenters. The molecule has 140 valence electrons. The molecule has 2 N–H and O–H groups in total. The van der Waals surface area contributed by atoms with Crippen LogP contribution in [0.1, 0.15) is 17.9 Å². The van der Waals surface area contributed by atoms with Gasteiger partial charge in [0.2, 0.25) is 17.7 Å². The lowest BCUT2D eigenvalue weighted by Crippen LogP contribution is -2.12. The molecule has 0 bridgehead atoms. The number of alkyl halides is 3. The monoisotopic (exact) mass is 377 g/mol. The lowest BCUT2D eigenvalue weighted by Gasteiger charge is -2.06. The van der Waals surface area contributed by atoms with Gasteiger partial charge in [-0.2, -0.15) is 13.2 Å². The Labute approximate surface area is 151 Å². The van der Waals surface area contributed by atoms with E-state index in [-0.39, 0.29) is 47.5 Å². The van der Waals surface area contributed by atoms with Crippen LogP contribution < -0.4 is 5.32 Å². The van der Waals surface area contributed by atoms with E-state index in [9.17, 15) is 23.1 Å². The van der Waals surface area contributed by atoms with Gasteiger partial charge in [-0.3, -0.25) is 4.79 Å². The third kappa shape index (κ3) is 4.63. The number of nitrogens with one attached hydrogen (secondary N) is 1. The van der Waals surface area contributed by atoms with Crippen molar-refractivity contribution in [1.82, 2.24) is 10.2 Å². The van der Waals surface area contributed by atoms with Gasteiger partial charge in [-0.05, 0) is 30.3 Å². The van der Waals surface area contributed by atoms with Gasteiger partial charge in [0.15, 0.2) is 0 Å². The Morgan fingerprint density at radius 1 is 1.11 bits per heavy atom. The zero-order valence-electron chi connectivity index (χ0n) is 13.8. The van der Waals surface area contributed by atoms with Crippen LogP contribution in [0.2, 0.25) is 0 Å². The van der Waals surface area contributed by atoms with E-state index < -0.39 is 11.7 Å². The molecule has 0 aliphatic carbocycles. The third-order valence-corrected chi connectivity index (χ3v) is 3.65. The molecular weight excluding hydrogens is 363 g/mol. The van der Waals surface area contributed by atoms with Gasteiger partial charge in [0.1, 0.15) is 5.75 Å². The quantitative estimate of drug-likeness (QED) is 0.656. The smallest absolute Gasteiger partial charge is 0.416 e. The molecule has 0 saturated heterocycles. The molecule has 1 aromatic heterocycles. The van der Waals surface area contributed by atoms with E-state index >= 15 is 0 Å². The van der Waals surface area contributed by atoms with Crippen LogP contribution in [0.5, 0.6) is 5.75 Å². The molecule has 1 heterocycles. The van der Waals surface area contributed by atoms with Crippen molar-refractivity contribution in [3.63, 3.8) is 0 Å². The molecule has 0 spiro atoms. The molecule has 0 radical (unpaired) electrons. The Bertz CT molecular complexity index is 954. The third-order valence-electron chi connectivity index (χ3n) is 3.65. The Morgan fingerprint density at radius 3 is 2.63 bits per heavy atom. The lowest BCUT2D eigenvalue weighted by atomic mass is 10.1. The molecule has 0 fully saturated rings. The molecule has 0 aliphatic heterocycles. The van der Waals surface area contributed by atoms with E-state index in [0.717, 1.165) is 12.1 Å². The number of nitrogens with zero attached hydrogens (tertiary/aromatic N) is 2. The van der Waals surface area contributed by atoms with Crippen molar-refractivity contribution in [2.45, 2.75) is 19.0 Å². The molecular formula is C18H14F3N3O3. The van der Waals surface area contributed by atoms with Gasteiger partial charge in [0, 0.05) is 18.4 Å². The Balaban J connectivity index is 1.63. The van der Waals surface area contributed by atoms with Crippen LogP contribution in [-0.4, -0.2) is 21.2 Å². The maximum absolute atomic E-state index is 12.8. The van der Waals surface area contributed by atoms with Crippen molar-refractivity contribution < 1.29 is 27.5 Å². The minimum Gasteiger partial charge on any atom is -0.506 e. The maximum atomic E-state index is 12.8. The molecule has 3 aromatic rings. The number of aryl methyl sites for hydroxylation is 1. The number of amides is 1. The zero-order valence-corrected chi connectivity index (χ0v) is 13.8. The Kier molecular flexibility index (Phi) is 5.11. The summed E-state index contributed by atoms with van der Waals surface area (Å²) in [5.74, 6) is -0.377. The summed E-state index contributed by atoms with van der Waals surface area (Å²) < 4.78 is 43.7. The summed E-state index contributed by atoms with van der Waals surface area (Å²) in [6.45, 7) is 0. The highest BCUT2D eigenvalue weighted by atomic mass is 19.4. The fourth-order valence-corrected chi connectivity index (χ4v) is 2.31. The molecule has 0 unspecified atom stereocenters. The number of hydrogen-bond acceptors (Lipinski definition) is 5. The van der Waals surface area contributed by atoms with Gasteiger partial charge in [-0.15, -0.1) is 10.2 Å². The summed E-state index contributed by atoms with van der Waals surface area (Å²) in [5.41, 5.74) is -0.401. The first-order chi connectivity index (χ1) is 12.8. The maximum Gasteiger partial charge on any atom is 0.416 e. The highest BCUT2D eigenvalue weighted by molar-refractivity contribution is 5.92. The minimum atomic E-state index is -4.47. The molecule has 0 aliphatic rings. The van der Waals surface area contributed by atoms with Crippen LogP contribution in [0.25, 0.3) is 11.5 Å². The van der Waals surface area contributed by atoms with Crippen LogP contribution in [0.3, 0.4) is 0 Å². The highest BCUT2D eigenvalue weighted by Gasteiger charge is 2.30. The van der Waals surface area contributed by atoms with Crippen molar-refractivity contribution in [3.8, 4) is 17.2 Å². The van der Waals surface area contributed by atoms with Crippen molar-refractivity contribution in [2.24, 2.45) is 0 Å². The number of carbonyl (C=O) groups is 1. The fourth-order valence-electron chi connectivity index (χ4n) is 2.31. The van der Waals surface area contributed by atoms with E-state index in [1.165, 1.54) is 18.2 Å². The number of aromatic hydroxyl groups is 1. The number of anilines is 1. The summed E-state index contributed by atoms with van der Waals surface area (Å²) in [6.07, 6.45) is -4.37. The number of phenolic OH excluding ortho intramolecular Hbond substituents is 1. The molecule has 0 saturated carbocycles. The molecule has 27 heavy (non-hydrogen) atoms. The van der Waals surface area contributed by atoms with E-state index in [0.29, 0.717) is 0 Å². The van der Waals surface area contributed by atoms with Gasteiger partial charge in [0.25, 0.3) is 0 Å². The predicted octanol–water partition coefficient (Wildman–Crippen LogP) is 4.03. The average molecular weight is 377 g/mol. The summed E-state index contributed by atoms with van der Waals surface area (Å²) in [5, 5.41) is 19.6. The van der Waals surface area contributed by atoms with E-state index in [4.69, 9.17) is 4.42 Å². The second-order valence-corrected chi connectivity index (χ2v) is 5.64. The van der Waals surface area contributed by atoms with Crippen LogP contribution in [0.4, 0.5) is 18.9 Å². The first kappa shape index (κ1) is 18.4. The predicted molar refractivity (Wildman–Crippen MR) is 89.8 cm³/mol. The zero-order chi connectivity index (χ0) is 19.4. The number of aromatic nitrogens is 2. The topological polar surface area (TPSA) is 88.2 Å². The van der Waals surface area contributed by atoms with Crippen molar-refractivity contribution in [2.75, 3.05) is 5.32 Å². The van der Waals surface area contributed by atoms with Gasteiger partial charge >= 0.3 is 6.18 Å². The molecule has 6 nitrogen and oxygen atoms in total. The molecule has 9 heteroatoms. The second kappa shape index (κ2) is 7.48. The van der Waals surface area contributed by atoms with E-state index in [2.05, 4.69) is 15.5 Å². The second-order valence-electron chi connectivity index (χ2n) is 5.64. The van der Waals surface area contributed by atoms with Crippen molar-refractivity contribution in [3.05, 3.63) is 60.0 Å². The van der Waals surface area contributed by atoms with Gasteiger partial charge in [-0.1, -0.05) is 18.2 Å². The number of phenols is 1. The Morgan fingerprint density at radius 2 is 1.89 bits per heavy atom. The number of hydrogen-bond donors (Lipinski definition) is 2. The number of para-hydroxylation sites is 2. The average Bonchev–Trinajstić information content (AvgIpc) is 3.10. The largest absolute Gasteiger partial charge is 0.506 e. The first-order valence-electron chi connectivity index (χ1n) is 7.91. The van der Waals surface area contributed by atoms with Gasteiger partial charge in [-0.25, -0.2) is 0 Å². The lowest BCUT2D eigenvalue weighted by molar-refractivity contribution is -0.137. The van der Waals surface area contributed by atoms with Gasteiger partial charge < -0.3 is 14.8 Å². The summed E-state index contributed by atoms with van der Waals surface area (Å²) >= 11 is 0. The summed E-state index contributed by atoms with van der Waals surface area (Å²) in [4.78, 5) is 11.9. The van der Waals surface area contributed by atoms with Crippen LogP contribution in [-0.2, 0) is 17.4 Å². The van der Waals surface area contributed by atoms with Crippen LogP contribution in [0, 0.1) is 0 Å². The van der Waals surface area contributed by atoms with Crippen LogP contribution >= 0.6 is 0 Å². The number of rotatable bonds is 5. The summed E-state index contributed by atoms with van der Waals surface area (Å²) in [6, 6.07) is 10.8. The molecule has 2 aromatic carbocycles. The Hall–Kier alpha value is -3.36. The standard InChI is InChI=1S/C18H14F3N3O3/c19-18(20,21)12-5-3-4-11(10-12)17-24-23-16(27-17)9-8-15(26)22-13-6-1-2-7-14(13)25/h1-7,10,25H,8-9H2,(H,22,26). The molecule has 1 amide bonds. The van der Waals surface area contributed by atoms with Crippen LogP contribution in [0.15, 0.2) is 52.9 Å². The minimum absolute atomic E-state index is 0.00143. The van der Waals surface area contributed by atoms with Crippen molar-refractivity contribution in [1.29, 1.82) is 0 Å². The van der Waals surface area contributed by atoms with E-state index in [1.807, 2.05) is 0 Å². The van der Waals surface area contributed by atoms with E-state index in [1.54, 1.807) is 18.2 Å². The van der Waals surface area contributed by atoms with Gasteiger partial charge in [0.05, 0.1) is 11.3 Å². The first-order valence-corrected chi connectivity index (χ1v) is 7.91. The number of benzene rings is 2. The number of halogens is 3. The normalized spacial score (nSPS) is 11.4. The van der Waals surface area contributed by atoms with Crippen molar-refractivity contribution >= 4 is 11.6 Å². The molecule has 3 rings (SSSR count). The fraction of sp³-hybridized carbons (Fsp3) is 0.167.